The largest absolute Gasteiger partial charge is 0.467 e. The van der Waals surface area contributed by atoms with Crippen molar-refractivity contribution < 1.29 is 14.0 Å². The van der Waals surface area contributed by atoms with Crippen LogP contribution in [0.1, 0.15) is 31.4 Å². The van der Waals surface area contributed by atoms with Crippen LogP contribution in [0.3, 0.4) is 0 Å². The molecule has 1 aromatic carbocycles. The van der Waals surface area contributed by atoms with E-state index >= 15 is 0 Å². The lowest BCUT2D eigenvalue weighted by atomic mass is 10.3. The molecule has 0 aliphatic heterocycles. The number of hydrogen-bond acceptors (Lipinski definition) is 4. The highest BCUT2D eigenvalue weighted by atomic mass is 32.2. The summed E-state index contributed by atoms with van der Waals surface area (Å²) in [7, 11) is 0. The van der Waals surface area contributed by atoms with Crippen LogP contribution in [-0.4, -0.2) is 23.7 Å². The van der Waals surface area contributed by atoms with Gasteiger partial charge < -0.3 is 20.4 Å². The predicted octanol–water partition coefficient (Wildman–Crippen LogP) is 3.75. The predicted molar refractivity (Wildman–Crippen MR) is 102 cm³/mol. The van der Waals surface area contributed by atoms with Gasteiger partial charge in [0.05, 0.1) is 25.0 Å². The van der Waals surface area contributed by atoms with Crippen molar-refractivity contribution in [1.29, 1.82) is 0 Å². The van der Waals surface area contributed by atoms with Gasteiger partial charge in [-0.3, -0.25) is 4.79 Å². The molecule has 1 aromatic heterocycles. The van der Waals surface area contributed by atoms with Crippen LogP contribution in [0.15, 0.2) is 52.0 Å². The summed E-state index contributed by atoms with van der Waals surface area (Å²) >= 11 is 1.83. The van der Waals surface area contributed by atoms with Crippen LogP contribution in [0.5, 0.6) is 0 Å². The van der Waals surface area contributed by atoms with E-state index in [1.807, 2.05) is 36.0 Å². The molecule has 0 atom stereocenters. The summed E-state index contributed by atoms with van der Waals surface area (Å²) in [5, 5.41) is 8.70. The number of urea groups is 1. The Hall–Kier alpha value is -2.41. The average Bonchev–Trinajstić information content (AvgIpc) is 3.33. The topological polar surface area (TPSA) is 83.4 Å². The number of hydrogen-bond donors (Lipinski definition) is 3. The molecule has 1 fully saturated rings. The summed E-state index contributed by atoms with van der Waals surface area (Å²) in [5.74, 6) is 0.403. The van der Waals surface area contributed by atoms with Gasteiger partial charge in [-0.25, -0.2) is 4.79 Å². The first-order chi connectivity index (χ1) is 12.7. The van der Waals surface area contributed by atoms with Gasteiger partial charge in [-0.1, -0.05) is 25.0 Å². The second kappa shape index (κ2) is 9.33. The Morgan fingerprint density at radius 3 is 2.65 bits per heavy atom. The van der Waals surface area contributed by atoms with Crippen molar-refractivity contribution in [3.63, 3.8) is 0 Å². The third-order valence-electron chi connectivity index (χ3n) is 4.17. The zero-order valence-corrected chi connectivity index (χ0v) is 15.3. The highest BCUT2D eigenvalue weighted by molar-refractivity contribution is 8.00. The van der Waals surface area contributed by atoms with Crippen molar-refractivity contribution in [2.24, 2.45) is 0 Å². The van der Waals surface area contributed by atoms with Gasteiger partial charge >= 0.3 is 6.03 Å². The van der Waals surface area contributed by atoms with Gasteiger partial charge in [0.15, 0.2) is 0 Å². The minimum atomic E-state index is -0.412. The zero-order chi connectivity index (χ0) is 18.2. The second-order valence-electron chi connectivity index (χ2n) is 6.18. The van der Waals surface area contributed by atoms with Crippen molar-refractivity contribution in [2.45, 2.75) is 42.4 Å². The molecule has 0 saturated heterocycles. The van der Waals surface area contributed by atoms with Gasteiger partial charge in [-0.2, -0.15) is 0 Å². The number of amides is 3. The number of anilines is 1. The van der Waals surface area contributed by atoms with Crippen molar-refractivity contribution >= 4 is 29.4 Å². The van der Waals surface area contributed by atoms with E-state index in [0.717, 1.165) is 10.6 Å². The normalized spacial score (nSPS) is 14.2. The number of benzene rings is 1. The Kier molecular flexibility index (Phi) is 6.60. The Balaban J connectivity index is 1.44. The van der Waals surface area contributed by atoms with Crippen LogP contribution in [-0.2, 0) is 11.3 Å². The van der Waals surface area contributed by atoms with Crippen molar-refractivity contribution in [3.05, 3.63) is 48.4 Å². The SMILES string of the molecule is O=C(CNC(=O)NCc1ccco1)Nc1ccccc1SC1CCCC1. The monoisotopic (exact) mass is 373 g/mol. The van der Waals surface area contributed by atoms with E-state index in [4.69, 9.17) is 4.42 Å². The smallest absolute Gasteiger partial charge is 0.315 e. The number of para-hydroxylation sites is 1. The van der Waals surface area contributed by atoms with E-state index < -0.39 is 6.03 Å². The third kappa shape index (κ3) is 5.56. The lowest BCUT2D eigenvalue weighted by Crippen LogP contribution is -2.39. The Morgan fingerprint density at radius 2 is 1.88 bits per heavy atom. The summed E-state index contributed by atoms with van der Waals surface area (Å²) in [6.45, 7) is 0.188. The summed E-state index contributed by atoms with van der Waals surface area (Å²) in [6, 6.07) is 10.9. The molecule has 0 bridgehead atoms. The highest BCUT2D eigenvalue weighted by Gasteiger charge is 2.18. The minimum absolute atomic E-state index is 0.0909. The van der Waals surface area contributed by atoms with E-state index in [0.29, 0.717) is 11.0 Å². The summed E-state index contributed by atoms with van der Waals surface area (Å²) in [5.41, 5.74) is 0.798. The molecular weight excluding hydrogens is 350 g/mol. The number of carbonyl (C=O) groups is 2. The maximum Gasteiger partial charge on any atom is 0.315 e. The van der Waals surface area contributed by atoms with Gasteiger partial charge in [0.2, 0.25) is 5.91 Å². The van der Waals surface area contributed by atoms with Crippen molar-refractivity contribution in [1.82, 2.24) is 10.6 Å². The summed E-state index contributed by atoms with van der Waals surface area (Å²) < 4.78 is 5.13. The highest BCUT2D eigenvalue weighted by Crippen LogP contribution is 2.37. The molecule has 7 heteroatoms. The molecule has 0 unspecified atom stereocenters. The van der Waals surface area contributed by atoms with E-state index in [1.165, 1.54) is 25.7 Å². The number of thioether (sulfide) groups is 1. The van der Waals surface area contributed by atoms with E-state index in [-0.39, 0.29) is 19.0 Å². The number of carbonyl (C=O) groups excluding carboxylic acids is 2. The van der Waals surface area contributed by atoms with E-state index in [2.05, 4.69) is 16.0 Å². The van der Waals surface area contributed by atoms with Gasteiger partial charge in [0, 0.05) is 10.1 Å². The quantitative estimate of drug-likeness (QED) is 0.690. The van der Waals surface area contributed by atoms with Crippen LogP contribution in [0, 0.1) is 0 Å². The molecule has 3 amide bonds. The molecule has 0 radical (unpaired) electrons. The molecule has 1 heterocycles. The van der Waals surface area contributed by atoms with Gasteiger partial charge in [-0.05, 0) is 37.1 Å². The Labute approximate surface area is 157 Å². The molecule has 3 rings (SSSR count). The maximum atomic E-state index is 12.2. The fraction of sp³-hybridized carbons (Fsp3) is 0.368. The minimum Gasteiger partial charge on any atom is -0.467 e. The lowest BCUT2D eigenvalue weighted by molar-refractivity contribution is -0.115. The van der Waals surface area contributed by atoms with Crippen LogP contribution in [0.2, 0.25) is 0 Å². The Bertz CT molecular complexity index is 727. The molecule has 26 heavy (non-hydrogen) atoms. The van der Waals surface area contributed by atoms with Gasteiger partial charge in [0.25, 0.3) is 0 Å². The third-order valence-corrected chi connectivity index (χ3v) is 5.58. The number of rotatable bonds is 7. The van der Waals surface area contributed by atoms with Crippen molar-refractivity contribution in [3.8, 4) is 0 Å². The molecular formula is C19H23N3O3S. The first-order valence-corrected chi connectivity index (χ1v) is 9.68. The molecule has 1 aliphatic rings. The molecule has 0 spiro atoms. The average molecular weight is 373 g/mol. The fourth-order valence-corrected chi connectivity index (χ4v) is 4.19. The summed E-state index contributed by atoms with van der Waals surface area (Å²) in [4.78, 5) is 25.0. The number of furan rings is 1. The zero-order valence-electron chi connectivity index (χ0n) is 14.5. The molecule has 3 N–H and O–H groups in total. The van der Waals surface area contributed by atoms with Gasteiger partial charge in [0.1, 0.15) is 5.76 Å². The number of nitrogens with one attached hydrogen (secondary N) is 3. The molecule has 6 nitrogen and oxygen atoms in total. The van der Waals surface area contributed by atoms with Crippen LogP contribution in [0.4, 0.5) is 10.5 Å². The van der Waals surface area contributed by atoms with E-state index in [9.17, 15) is 9.59 Å². The van der Waals surface area contributed by atoms with Crippen molar-refractivity contribution in [2.75, 3.05) is 11.9 Å². The molecule has 138 valence electrons. The molecule has 1 saturated carbocycles. The van der Waals surface area contributed by atoms with Crippen LogP contribution >= 0.6 is 11.8 Å². The second-order valence-corrected chi connectivity index (χ2v) is 7.53. The lowest BCUT2D eigenvalue weighted by Gasteiger charge is -2.14. The van der Waals surface area contributed by atoms with E-state index in [1.54, 1.807) is 18.4 Å². The molecule has 1 aliphatic carbocycles. The fourth-order valence-electron chi connectivity index (χ4n) is 2.86. The molecule has 2 aromatic rings. The standard InChI is InChI=1S/C19H23N3O3S/c23-18(13-21-19(24)20-12-14-6-5-11-25-14)22-16-9-3-4-10-17(16)26-15-7-1-2-8-15/h3-6,9-11,15H,1-2,7-8,12-13H2,(H,22,23)(H2,20,21,24). The first-order valence-electron chi connectivity index (χ1n) is 8.80. The Morgan fingerprint density at radius 1 is 1.08 bits per heavy atom. The maximum absolute atomic E-state index is 12.2. The summed E-state index contributed by atoms with van der Waals surface area (Å²) in [6.07, 6.45) is 6.56. The van der Waals surface area contributed by atoms with Crippen LogP contribution in [0.25, 0.3) is 0 Å². The first kappa shape index (κ1) is 18.4. The van der Waals surface area contributed by atoms with Crippen LogP contribution < -0.4 is 16.0 Å². The van der Waals surface area contributed by atoms with Gasteiger partial charge in [-0.15, -0.1) is 11.8 Å².